The van der Waals surface area contributed by atoms with E-state index in [4.69, 9.17) is 22.8 Å². The maximum atomic E-state index is 13.4. The van der Waals surface area contributed by atoms with Crippen LogP contribution in [0.4, 0.5) is 5.69 Å². The fourth-order valence-corrected chi connectivity index (χ4v) is 7.20. The van der Waals surface area contributed by atoms with Crippen molar-refractivity contribution in [1.82, 2.24) is 0 Å². The fraction of sp³-hybridized carbons (Fsp3) is 0.625. The molecule has 0 atom stereocenters. The third kappa shape index (κ3) is 6.08. The minimum Gasteiger partial charge on any atom is -0.497 e. The molecule has 1 rings (SSSR count). The van der Waals surface area contributed by atoms with Gasteiger partial charge in [-0.05, 0) is 52.0 Å². The first kappa shape index (κ1) is 23.2. The van der Waals surface area contributed by atoms with Gasteiger partial charge in [0.1, 0.15) is 5.75 Å². The minimum absolute atomic E-state index is 0.121. The van der Waals surface area contributed by atoms with Crippen LogP contribution in [0.2, 0.25) is 0 Å². The van der Waals surface area contributed by atoms with Crippen molar-refractivity contribution < 1.29 is 32.0 Å². The van der Waals surface area contributed by atoms with Crippen molar-refractivity contribution in [2.75, 3.05) is 38.9 Å². The van der Waals surface area contributed by atoms with E-state index >= 15 is 0 Å². The molecule has 0 aliphatic carbocycles. The molecule has 1 N–H and O–H groups in total. The molecule has 1 aromatic carbocycles. The first-order chi connectivity index (χ1) is 12.4. The van der Waals surface area contributed by atoms with Crippen LogP contribution in [0.1, 0.15) is 27.7 Å². The van der Waals surface area contributed by atoms with Gasteiger partial charge in [-0.2, -0.15) is 0 Å². The van der Waals surface area contributed by atoms with E-state index in [9.17, 15) is 9.13 Å². The average Bonchev–Trinajstić information content (AvgIpc) is 2.61. The summed E-state index contributed by atoms with van der Waals surface area (Å²) in [6, 6.07) is 6.85. The van der Waals surface area contributed by atoms with E-state index in [0.717, 1.165) is 0 Å². The molecule has 1 aromatic rings. The van der Waals surface area contributed by atoms with Crippen molar-refractivity contribution in [3.05, 3.63) is 24.3 Å². The Morgan fingerprint density at radius 2 is 1.19 bits per heavy atom. The van der Waals surface area contributed by atoms with Gasteiger partial charge in [-0.15, -0.1) is 0 Å². The van der Waals surface area contributed by atoms with Crippen molar-refractivity contribution in [2.24, 2.45) is 0 Å². The molecule has 0 aromatic heterocycles. The number of ether oxygens (including phenoxy) is 1. The summed E-state index contributed by atoms with van der Waals surface area (Å²) in [4.78, 5) is 0. The Kier molecular flexibility index (Phi) is 9.86. The highest BCUT2D eigenvalue weighted by atomic mass is 31.2. The molecular weight excluding hydrogens is 380 g/mol. The monoisotopic (exact) mass is 409 g/mol. The van der Waals surface area contributed by atoms with E-state index < -0.39 is 20.7 Å². The molecular formula is C16H29NO7P2. The van der Waals surface area contributed by atoms with Gasteiger partial charge in [-0.25, -0.2) is 0 Å². The van der Waals surface area contributed by atoms with Crippen LogP contribution in [0.5, 0.6) is 5.75 Å². The Hall–Kier alpha value is -0.880. The quantitative estimate of drug-likeness (QED) is 0.459. The number of hydrogen-bond donors (Lipinski definition) is 1. The normalized spacial score (nSPS) is 12.4. The molecule has 0 spiro atoms. The average molecular weight is 409 g/mol. The molecule has 0 radical (unpaired) electrons. The molecule has 0 bridgehead atoms. The number of rotatable bonds is 13. The van der Waals surface area contributed by atoms with Gasteiger partial charge in [-0.3, -0.25) is 9.13 Å². The van der Waals surface area contributed by atoms with Crippen molar-refractivity contribution in [3.8, 4) is 5.75 Å². The van der Waals surface area contributed by atoms with Crippen LogP contribution in [0.25, 0.3) is 0 Å². The Bertz CT molecular complexity index is 574. The zero-order chi connectivity index (χ0) is 19.6. The second kappa shape index (κ2) is 11.1. The molecule has 26 heavy (non-hydrogen) atoms. The molecule has 0 fully saturated rings. The molecule has 0 saturated heterocycles. The third-order valence-electron chi connectivity index (χ3n) is 3.22. The van der Waals surface area contributed by atoms with Crippen LogP contribution in [-0.4, -0.2) is 39.1 Å². The lowest BCUT2D eigenvalue weighted by Gasteiger charge is -2.32. The van der Waals surface area contributed by atoms with E-state index in [0.29, 0.717) is 11.4 Å². The highest BCUT2D eigenvalue weighted by Crippen LogP contribution is 2.70. The van der Waals surface area contributed by atoms with Crippen LogP contribution >= 0.6 is 15.2 Å². The molecule has 0 saturated carbocycles. The zero-order valence-corrected chi connectivity index (χ0v) is 17.8. The maximum absolute atomic E-state index is 13.4. The summed E-state index contributed by atoms with van der Waals surface area (Å²) in [5.41, 5.74) is -0.752. The summed E-state index contributed by atoms with van der Waals surface area (Å²) in [6.07, 6.45) is 0. The summed E-state index contributed by atoms with van der Waals surface area (Å²) in [5.74, 6) is 0.655. The van der Waals surface area contributed by atoms with Gasteiger partial charge in [0.05, 0.1) is 33.5 Å². The number of hydrogen-bond acceptors (Lipinski definition) is 8. The maximum Gasteiger partial charge on any atom is 0.365 e. The van der Waals surface area contributed by atoms with Gasteiger partial charge < -0.3 is 28.1 Å². The molecule has 150 valence electrons. The van der Waals surface area contributed by atoms with E-state index in [-0.39, 0.29) is 26.4 Å². The molecule has 0 amide bonds. The predicted octanol–water partition coefficient (Wildman–Crippen LogP) is 4.92. The molecule has 0 aliphatic heterocycles. The van der Waals surface area contributed by atoms with Crippen LogP contribution in [-0.2, 0) is 27.2 Å². The lowest BCUT2D eigenvalue weighted by Crippen LogP contribution is -2.25. The number of benzene rings is 1. The second-order valence-electron chi connectivity index (χ2n) is 5.00. The zero-order valence-electron chi connectivity index (χ0n) is 16.0. The minimum atomic E-state index is -3.85. The molecule has 8 nitrogen and oxygen atoms in total. The highest BCUT2D eigenvalue weighted by Gasteiger charge is 2.51. The number of methoxy groups -OCH3 is 1. The SMILES string of the molecule is CCOP(=O)(OCC)C(Nc1ccc(OC)cc1)P(=O)(OCC)OCC. The van der Waals surface area contributed by atoms with Crippen LogP contribution < -0.4 is 10.1 Å². The second-order valence-corrected chi connectivity index (χ2v) is 9.63. The predicted molar refractivity (Wildman–Crippen MR) is 102 cm³/mol. The third-order valence-corrected chi connectivity index (χ3v) is 8.85. The summed E-state index contributed by atoms with van der Waals surface area (Å²) in [6.45, 7) is 7.22. The van der Waals surface area contributed by atoms with Crippen LogP contribution in [0, 0.1) is 0 Å². The van der Waals surface area contributed by atoms with Gasteiger partial charge in [0.25, 0.3) is 0 Å². The van der Waals surface area contributed by atoms with E-state index in [1.807, 2.05) is 0 Å². The van der Waals surface area contributed by atoms with Crippen LogP contribution in [0.3, 0.4) is 0 Å². The van der Waals surface area contributed by atoms with Gasteiger partial charge >= 0.3 is 15.2 Å². The lowest BCUT2D eigenvalue weighted by atomic mass is 10.3. The van der Waals surface area contributed by atoms with Gasteiger partial charge in [0.15, 0.2) is 0 Å². The summed E-state index contributed by atoms with van der Waals surface area (Å²) in [7, 11) is -6.14. The van der Waals surface area contributed by atoms with Gasteiger partial charge in [0.2, 0.25) is 5.52 Å². The largest absolute Gasteiger partial charge is 0.497 e. The number of anilines is 1. The van der Waals surface area contributed by atoms with E-state index in [1.54, 1.807) is 59.1 Å². The van der Waals surface area contributed by atoms with E-state index in [1.165, 1.54) is 0 Å². The Labute approximate surface area is 155 Å². The van der Waals surface area contributed by atoms with Crippen molar-refractivity contribution in [3.63, 3.8) is 0 Å². The first-order valence-electron chi connectivity index (χ1n) is 8.57. The molecule has 0 unspecified atom stereocenters. The van der Waals surface area contributed by atoms with Gasteiger partial charge in [0, 0.05) is 5.69 Å². The Balaban J connectivity index is 3.33. The number of nitrogens with one attached hydrogen (secondary N) is 1. The summed E-state index contributed by atoms with van der Waals surface area (Å²) >= 11 is 0. The summed E-state index contributed by atoms with van der Waals surface area (Å²) in [5, 5.41) is 2.97. The fourth-order valence-electron chi connectivity index (χ4n) is 2.24. The molecule has 10 heteroatoms. The Morgan fingerprint density at radius 3 is 1.50 bits per heavy atom. The molecule has 0 heterocycles. The molecule has 0 aliphatic rings. The first-order valence-corrected chi connectivity index (χ1v) is 11.8. The van der Waals surface area contributed by atoms with Crippen molar-refractivity contribution >= 4 is 20.9 Å². The van der Waals surface area contributed by atoms with Crippen LogP contribution in [0.15, 0.2) is 24.3 Å². The van der Waals surface area contributed by atoms with Crippen molar-refractivity contribution in [2.45, 2.75) is 33.2 Å². The Morgan fingerprint density at radius 1 is 0.808 bits per heavy atom. The summed E-state index contributed by atoms with van der Waals surface area (Å²) < 4.78 is 53.5. The van der Waals surface area contributed by atoms with E-state index in [2.05, 4.69) is 5.32 Å². The lowest BCUT2D eigenvalue weighted by molar-refractivity contribution is 0.198. The highest BCUT2D eigenvalue weighted by molar-refractivity contribution is 7.72. The van der Waals surface area contributed by atoms with Gasteiger partial charge in [-0.1, -0.05) is 0 Å². The van der Waals surface area contributed by atoms with Crippen molar-refractivity contribution in [1.29, 1.82) is 0 Å². The smallest absolute Gasteiger partial charge is 0.365 e. The topological polar surface area (TPSA) is 92.3 Å². The standard InChI is InChI=1S/C16H29NO7P2/c1-6-21-25(18,22-7-2)16(26(19,23-8-3)24-9-4)17-14-10-12-15(20-5)13-11-14/h10-13,16-17H,6-9H2,1-5H3.